The van der Waals surface area contributed by atoms with Gasteiger partial charge in [-0.1, -0.05) is 140 Å². The van der Waals surface area contributed by atoms with Crippen LogP contribution in [0.15, 0.2) is 67.0 Å². The Bertz CT molecular complexity index is 2140. The number of carbonyl (C=O) groups excluding carboxylic acids is 2. The number of nitrogens with zero attached hydrogens (tertiary/aromatic N) is 4. The van der Waals surface area contributed by atoms with E-state index < -0.39 is 56.3 Å². The van der Waals surface area contributed by atoms with Gasteiger partial charge >= 0.3 is 196 Å². The van der Waals surface area contributed by atoms with Crippen LogP contribution >= 0.6 is 7.75 Å². The van der Waals surface area contributed by atoms with Gasteiger partial charge in [0, 0.05) is 0 Å². The van der Waals surface area contributed by atoms with Gasteiger partial charge in [-0.25, -0.2) is 0 Å². The summed E-state index contributed by atoms with van der Waals surface area (Å²) < 4.78 is 62.5. The topological polar surface area (TPSA) is 153 Å². The zero-order chi connectivity index (χ0) is 45.8. The summed E-state index contributed by atoms with van der Waals surface area (Å²) in [5.74, 6) is 1.74. The van der Waals surface area contributed by atoms with E-state index >= 15 is 4.57 Å². The molecule has 2 radical (unpaired) electrons. The molecule has 0 aliphatic carbocycles. The minimum atomic E-state index is -4.56. The Morgan fingerprint density at radius 3 is 2.19 bits per heavy atom. The summed E-state index contributed by atoms with van der Waals surface area (Å²) in [6.07, 6.45) is 19.9. The van der Waals surface area contributed by atoms with E-state index in [1.807, 2.05) is 44.2 Å². The molecule has 2 aromatic carbocycles. The van der Waals surface area contributed by atoms with Crippen LogP contribution < -0.4 is 14.1 Å². The predicted octanol–water partition coefficient (Wildman–Crippen LogP) is 9.58. The molecule has 5 rings (SSSR count). The number of fused-ring (bicyclic) bond motifs is 1. The number of carbonyl (C=O) groups is 2. The Morgan fingerprint density at radius 1 is 0.938 bits per heavy atom. The fourth-order valence-corrected chi connectivity index (χ4v) is 9.88. The van der Waals surface area contributed by atoms with Gasteiger partial charge < -0.3 is 4.74 Å². The Hall–Kier alpha value is -4.11. The van der Waals surface area contributed by atoms with Crippen LogP contribution in [-0.2, 0) is 39.3 Å². The number of nitrogens with one attached hydrogen (secondary N) is 1. The van der Waals surface area contributed by atoms with E-state index in [2.05, 4.69) is 49.7 Å². The standard InChI is InChI=1S/C48H64AsFN5O8P/c1-5-9-10-11-12-13-14-15-16-17-24-31-42(56)61-40-33-41(55-35-51-43-44(49)52-47(50)53-45(43)55)62-48(40,8-4)34-59-64(58,63-38-29-22-19-23-30-38)54-39(32-36-27-20-18-21-28-36)46(57)60-37(25-6-2)26-7-3/h4,18-23,27-30,35,37,39-41H,5-7,9-17,24-26,31-34H2,1-3H3,(H,54,58)/t39?,40?,41?,48?,64-/m0/s1. The molecule has 16 heteroatoms. The summed E-state index contributed by atoms with van der Waals surface area (Å²) >= 11 is 2.16. The van der Waals surface area contributed by atoms with Gasteiger partial charge in [-0.15, -0.1) is 0 Å². The molecule has 1 aliphatic heterocycles. The first kappa shape index (κ1) is 50.9. The van der Waals surface area contributed by atoms with Gasteiger partial charge in [0.05, 0.1) is 0 Å². The summed E-state index contributed by atoms with van der Waals surface area (Å²) in [5, 5.41) is 2.91. The second kappa shape index (κ2) is 26.1. The number of esters is 2. The van der Waals surface area contributed by atoms with Crippen molar-refractivity contribution in [3.8, 4) is 18.1 Å². The fourth-order valence-electron chi connectivity index (χ4n) is 7.85. The van der Waals surface area contributed by atoms with Crippen LogP contribution in [0.25, 0.3) is 11.2 Å². The SMILES string of the molecule is C#CC1(CO[P@@](=O)(NC(Cc2ccccc2)C(=O)OC(CCC)CCC)Oc2ccccc2)OC(n2cnc3c([As])nc(F)nc32)CC1OC(=O)CCCCCCCCCCCCC. The summed E-state index contributed by atoms with van der Waals surface area (Å²) in [6.45, 7) is 5.65. The normalized spacial score (nSPS) is 18.7. The van der Waals surface area contributed by atoms with Crippen LogP contribution in [-0.4, -0.2) is 78.8 Å². The zero-order valence-electron chi connectivity index (χ0n) is 37.5. The van der Waals surface area contributed by atoms with Crippen molar-refractivity contribution in [3.63, 3.8) is 0 Å². The Morgan fingerprint density at radius 2 is 1.56 bits per heavy atom. The number of imidazole rings is 1. The smallest absolute Gasteiger partial charge is 0.0654 e. The van der Waals surface area contributed by atoms with Crippen molar-refractivity contribution in [1.82, 2.24) is 24.6 Å². The number of hydrogen-bond donors (Lipinski definition) is 1. The number of hydrogen-bond acceptors (Lipinski definition) is 11. The number of halogens is 1. The maximum atomic E-state index is 15.2. The second-order valence-corrected chi connectivity index (χ2v) is 19.0. The average Bonchev–Trinajstić information content (AvgIpc) is 3.87. The molecule has 1 aliphatic rings. The minimum Gasteiger partial charge on any atom is -0.0654 e. The molecule has 1 fully saturated rings. The van der Waals surface area contributed by atoms with Crippen LogP contribution in [0, 0.1) is 18.4 Å². The van der Waals surface area contributed by atoms with E-state index in [9.17, 15) is 14.0 Å². The number of ether oxygens (including phenoxy) is 3. The van der Waals surface area contributed by atoms with Crippen molar-refractivity contribution in [2.24, 2.45) is 0 Å². The Kier molecular flexibility index (Phi) is 20.8. The quantitative estimate of drug-likeness (QED) is 0.0138. The fraction of sp³-hybridized carbons (Fsp3) is 0.562. The third kappa shape index (κ3) is 15.2. The number of para-hydroxylation sites is 1. The van der Waals surface area contributed by atoms with Gasteiger partial charge in [0.25, 0.3) is 0 Å². The van der Waals surface area contributed by atoms with Gasteiger partial charge in [0.15, 0.2) is 0 Å². The zero-order valence-corrected chi connectivity index (χ0v) is 40.3. The molecule has 0 saturated carbocycles. The molecule has 4 aromatic rings. The van der Waals surface area contributed by atoms with E-state index in [4.69, 9.17) is 29.7 Å². The molecule has 0 bridgehead atoms. The molecule has 0 spiro atoms. The first-order valence-corrected chi connectivity index (χ1v) is 25.5. The van der Waals surface area contributed by atoms with E-state index in [1.165, 1.54) is 55.8 Å². The number of benzene rings is 2. The molecule has 4 unspecified atom stereocenters. The second-order valence-electron chi connectivity index (χ2n) is 16.4. The van der Waals surface area contributed by atoms with Crippen molar-refractivity contribution in [1.29, 1.82) is 0 Å². The average molecular weight is 964 g/mol. The van der Waals surface area contributed by atoms with Crippen molar-refractivity contribution >= 4 is 52.2 Å². The molecule has 1 saturated heterocycles. The van der Waals surface area contributed by atoms with E-state index in [0.29, 0.717) is 24.8 Å². The molecule has 0 amide bonds. The van der Waals surface area contributed by atoms with Crippen LogP contribution in [0.5, 0.6) is 5.75 Å². The van der Waals surface area contributed by atoms with Gasteiger partial charge in [-0.05, 0) is 37.0 Å². The van der Waals surface area contributed by atoms with E-state index in [0.717, 1.165) is 37.7 Å². The number of aromatic nitrogens is 4. The minimum absolute atomic E-state index is 0.000973. The summed E-state index contributed by atoms with van der Waals surface area (Å²) in [4.78, 5) is 39.7. The molecule has 64 heavy (non-hydrogen) atoms. The van der Waals surface area contributed by atoms with Crippen molar-refractivity contribution in [2.75, 3.05) is 6.61 Å². The third-order valence-corrected chi connectivity index (χ3v) is 13.5. The number of rotatable bonds is 29. The Balaban J connectivity index is 1.38. The van der Waals surface area contributed by atoms with Gasteiger partial charge in [-0.2, -0.15) is 0 Å². The first-order valence-electron chi connectivity index (χ1n) is 23.0. The number of terminal acetylenes is 1. The molecular formula is C48H64AsFN5O8P. The number of unbranched alkanes of at least 4 members (excludes halogenated alkanes) is 10. The summed E-state index contributed by atoms with van der Waals surface area (Å²) in [5.41, 5.74) is -0.602. The molecule has 2 aromatic heterocycles. The molecule has 3 heterocycles. The summed E-state index contributed by atoms with van der Waals surface area (Å²) in [6, 6.07) is 16.5. The molecular weight excluding hydrogens is 899 g/mol. The Labute approximate surface area is 386 Å². The molecule has 13 nitrogen and oxygen atoms in total. The van der Waals surface area contributed by atoms with Gasteiger partial charge in [0.1, 0.15) is 6.10 Å². The first-order chi connectivity index (χ1) is 31.0. The van der Waals surface area contributed by atoms with Crippen LogP contribution in [0.4, 0.5) is 4.39 Å². The maximum absolute atomic E-state index is 15.2. The van der Waals surface area contributed by atoms with Crippen LogP contribution in [0.2, 0.25) is 0 Å². The van der Waals surface area contributed by atoms with Crippen LogP contribution in [0.1, 0.15) is 142 Å². The van der Waals surface area contributed by atoms with E-state index in [1.54, 1.807) is 30.3 Å². The van der Waals surface area contributed by atoms with Gasteiger partial charge in [0.2, 0.25) is 0 Å². The predicted molar refractivity (Wildman–Crippen MR) is 245 cm³/mol. The third-order valence-electron chi connectivity index (χ3n) is 11.3. The molecule has 346 valence electrons. The van der Waals surface area contributed by atoms with Gasteiger partial charge in [-0.3, -0.25) is 4.79 Å². The molecule has 1 N–H and O–H groups in total. The molecule has 5 atom stereocenters. The van der Waals surface area contributed by atoms with E-state index in [-0.39, 0.29) is 41.2 Å². The van der Waals surface area contributed by atoms with Crippen LogP contribution in [0.3, 0.4) is 0 Å². The van der Waals surface area contributed by atoms with Crippen molar-refractivity contribution in [2.45, 2.75) is 166 Å². The van der Waals surface area contributed by atoms with Crippen molar-refractivity contribution < 1.29 is 41.8 Å². The summed E-state index contributed by atoms with van der Waals surface area (Å²) in [7, 11) is -4.56. The monoisotopic (exact) mass is 963 g/mol. The van der Waals surface area contributed by atoms with Crippen molar-refractivity contribution in [3.05, 3.63) is 78.6 Å².